The van der Waals surface area contributed by atoms with E-state index >= 15 is 0 Å². The summed E-state index contributed by atoms with van der Waals surface area (Å²) in [5.74, 6) is 0.633. The summed E-state index contributed by atoms with van der Waals surface area (Å²) < 4.78 is 0. The molecule has 1 aromatic rings. The third-order valence-electron chi connectivity index (χ3n) is 3.13. The van der Waals surface area contributed by atoms with E-state index in [1.807, 2.05) is 32.6 Å². The number of nitrogens with zero attached hydrogens (tertiary/aromatic N) is 4. The Morgan fingerprint density at radius 1 is 1.06 bits per heavy atom. The van der Waals surface area contributed by atoms with Gasteiger partial charge in [0.1, 0.15) is 23.5 Å². The van der Waals surface area contributed by atoms with Crippen LogP contribution in [-0.2, 0) is 6.42 Å². The molecule has 4 heteroatoms. The molecule has 0 aromatic carbocycles. The van der Waals surface area contributed by atoms with E-state index in [1.165, 1.54) is 0 Å². The van der Waals surface area contributed by atoms with Crippen LogP contribution in [0.15, 0.2) is 0 Å². The van der Waals surface area contributed by atoms with E-state index in [2.05, 4.69) is 17.1 Å². The van der Waals surface area contributed by atoms with Crippen LogP contribution >= 0.6 is 0 Å². The molecule has 0 aliphatic rings. The molecule has 0 radical (unpaired) electrons. The van der Waals surface area contributed by atoms with Gasteiger partial charge < -0.3 is 4.90 Å². The number of pyridine rings is 1. The lowest BCUT2D eigenvalue weighted by Crippen LogP contribution is -2.25. The molecule has 0 spiro atoms. The highest BCUT2D eigenvalue weighted by molar-refractivity contribution is 5.64. The van der Waals surface area contributed by atoms with Gasteiger partial charge in [-0.3, -0.25) is 0 Å². The number of nitriles is 2. The van der Waals surface area contributed by atoms with Gasteiger partial charge in [0.25, 0.3) is 0 Å². The SMILES string of the molecule is CCc1c(C)nc(N(CC)CC)c(C#N)c1C#N. The van der Waals surface area contributed by atoms with Gasteiger partial charge in [-0.1, -0.05) is 6.92 Å². The maximum atomic E-state index is 9.31. The molecule has 1 rings (SSSR count). The molecule has 0 aliphatic carbocycles. The molecule has 0 fully saturated rings. The van der Waals surface area contributed by atoms with Gasteiger partial charge in [0.05, 0.1) is 5.56 Å². The molecule has 1 heterocycles. The minimum Gasteiger partial charge on any atom is -0.356 e. The van der Waals surface area contributed by atoms with E-state index in [-0.39, 0.29) is 0 Å². The fraction of sp³-hybridized carbons (Fsp3) is 0.500. The first-order chi connectivity index (χ1) is 8.64. The number of hydrogen-bond donors (Lipinski definition) is 0. The van der Waals surface area contributed by atoms with E-state index in [4.69, 9.17) is 0 Å². The Morgan fingerprint density at radius 2 is 1.61 bits per heavy atom. The Morgan fingerprint density at radius 3 is 2.00 bits per heavy atom. The van der Waals surface area contributed by atoms with Crippen LogP contribution < -0.4 is 4.90 Å². The summed E-state index contributed by atoms with van der Waals surface area (Å²) in [6, 6.07) is 4.30. The summed E-state index contributed by atoms with van der Waals surface area (Å²) in [5, 5.41) is 18.6. The van der Waals surface area contributed by atoms with Crippen LogP contribution in [0.1, 0.15) is 43.2 Å². The summed E-state index contributed by atoms with van der Waals surface area (Å²) >= 11 is 0. The minimum absolute atomic E-state index is 0.406. The molecule has 0 amide bonds. The fourth-order valence-corrected chi connectivity index (χ4v) is 2.14. The Kier molecular flexibility index (Phi) is 4.68. The zero-order valence-corrected chi connectivity index (χ0v) is 11.4. The van der Waals surface area contributed by atoms with Gasteiger partial charge in [-0.05, 0) is 32.8 Å². The highest BCUT2D eigenvalue weighted by Gasteiger charge is 2.19. The van der Waals surface area contributed by atoms with Crippen LogP contribution in [0.25, 0.3) is 0 Å². The van der Waals surface area contributed by atoms with Gasteiger partial charge in [-0.2, -0.15) is 10.5 Å². The molecule has 18 heavy (non-hydrogen) atoms. The van der Waals surface area contributed by atoms with Crippen molar-refractivity contribution in [1.29, 1.82) is 10.5 Å². The van der Waals surface area contributed by atoms with Crippen LogP contribution in [0.4, 0.5) is 5.82 Å². The molecule has 0 saturated carbocycles. The first kappa shape index (κ1) is 14.0. The number of aromatic nitrogens is 1. The van der Waals surface area contributed by atoms with Gasteiger partial charge in [0.15, 0.2) is 0 Å². The van der Waals surface area contributed by atoms with Crippen molar-refractivity contribution in [2.45, 2.75) is 34.1 Å². The standard InChI is InChI=1S/C14H18N4/c1-5-11-10(4)17-14(18(6-2)7-3)13(9-16)12(11)8-15/h5-7H2,1-4H3. The Bertz CT molecular complexity index is 516. The van der Waals surface area contributed by atoms with Crippen molar-refractivity contribution < 1.29 is 0 Å². The highest BCUT2D eigenvalue weighted by Crippen LogP contribution is 2.26. The predicted octanol–water partition coefficient (Wildman–Crippen LogP) is 2.54. The lowest BCUT2D eigenvalue weighted by molar-refractivity contribution is 0.835. The van der Waals surface area contributed by atoms with Gasteiger partial charge in [-0.25, -0.2) is 4.98 Å². The first-order valence-corrected chi connectivity index (χ1v) is 6.23. The molecule has 0 bridgehead atoms. The number of hydrogen-bond acceptors (Lipinski definition) is 4. The number of anilines is 1. The molecule has 0 saturated heterocycles. The smallest absolute Gasteiger partial charge is 0.148 e. The van der Waals surface area contributed by atoms with Crippen LogP contribution in [0, 0.1) is 29.6 Å². The molecular weight excluding hydrogens is 224 g/mol. The van der Waals surface area contributed by atoms with Crippen LogP contribution in [0.5, 0.6) is 0 Å². The monoisotopic (exact) mass is 242 g/mol. The maximum Gasteiger partial charge on any atom is 0.148 e. The molecule has 94 valence electrons. The molecule has 0 atom stereocenters. The van der Waals surface area contributed by atoms with Crippen molar-refractivity contribution >= 4 is 5.82 Å². The largest absolute Gasteiger partial charge is 0.356 e. The Hall–Kier alpha value is -2.07. The molecule has 0 aliphatic heterocycles. The van der Waals surface area contributed by atoms with E-state index in [1.54, 1.807) is 0 Å². The second kappa shape index (κ2) is 6.02. The van der Waals surface area contributed by atoms with E-state index < -0.39 is 0 Å². The molecule has 1 aromatic heterocycles. The van der Waals surface area contributed by atoms with Gasteiger partial charge >= 0.3 is 0 Å². The summed E-state index contributed by atoms with van der Waals surface area (Å²) in [6.45, 7) is 9.45. The van der Waals surface area contributed by atoms with Crippen LogP contribution in [0.3, 0.4) is 0 Å². The Labute approximate surface area is 108 Å². The van der Waals surface area contributed by atoms with E-state index in [9.17, 15) is 10.5 Å². The first-order valence-electron chi connectivity index (χ1n) is 6.23. The predicted molar refractivity (Wildman–Crippen MR) is 71.3 cm³/mol. The quantitative estimate of drug-likeness (QED) is 0.814. The summed E-state index contributed by atoms with van der Waals surface area (Å²) in [7, 11) is 0. The average molecular weight is 242 g/mol. The average Bonchev–Trinajstić information content (AvgIpc) is 2.39. The third kappa shape index (κ3) is 2.28. The maximum absolute atomic E-state index is 9.31. The highest BCUT2D eigenvalue weighted by atomic mass is 15.2. The molecule has 4 nitrogen and oxygen atoms in total. The summed E-state index contributed by atoms with van der Waals surface area (Å²) in [6.07, 6.45) is 0.717. The van der Waals surface area contributed by atoms with Crippen molar-refractivity contribution in [1.82, 2.24) is 4.98 Å². The number of rotatable bonds is 4. The van der Waals surface area contributed by atoms with Crippen LogP contribution in [-0.4, -0.2) is 18.1 Å². The normalized spacial score (nSPS) is 9.67. The van der Waals surface area contributed by atoms with Gasteiger partial charge in [0, 0.05) is 18.8 Å². The number of aryl methyl sites for hydroxylation is 1. The van der Waals surface area contributed by atoms with Crippen molar-refractivity contribution in [2.75, 3.05) is 18.0 Å². The molecule has 0 unspecified atom stereocenters. The zero-order valence-electron chi connectivity index (χ0n) is 11.4. The summed E-state index contributed by atoms with van der Waals surface area (Å²) in [5.41, 5.74) is 2.61. The van der Waals surface area contributed by atoms with Crippen molar-refractivity contribution in [3.63, 3.8) is 0 Å². The lowest BCUT2D eigenvalue weighted by atomic mass is 9.99. The second-order valence-corrected chi connectivity index (χ2v) is 4.00. The van der Waals surface area contributed by atoms with E-state index in [0.29, 0.717) is 16.9 Å². The van der Waals surface area contributed by atoms with Crippen molar-refractivity contribution in [3.05, 3.63) is 22.4 Å². The summed E-state index contributed by atoms with van der Waals surface area (Å²) in [4.78, 5) is 6.52. The zero-order chi connectivity index (χ0) is 13.7. The van der Waals surface area contributed by atoms with Crippen molar-refractivity contribution in [3.8, 4) is 12.1 Å². The van der Waals surface area contributed by atoms with Crippen LogP contribution in [0.2, 0.25) is 0 Å². The fourth-order valence-electron chi connectivity index (χ4n) is 2.14. The Balaban J connectivity index is 3.61. The third-order valence-corrected chi connectivity index (χ3v) is 3.13. The molecule has 0 N–H and O–H groups in total. The van der Waals surface area contributed by atoms with Gasteiger partial charge in [-0.15, -0.1) is 0 Å². The second-order valence-electron chi connectivity index (χ2n) is 4.00. The van der Waals surface area contributed by atoms with E-state index in [0.717, 1.165) is 30.8 Å². The minimum atomic E-state index is 0.406. The lowest BCUT2D eigenvalue weighted by Gasteiger charge is -2.23. The van der Waals surface area contributed by atoms with Gasteiger partial charge in [0.2, 0.25) is 0 Å². The van der Waals surface area contributed by atoms with Crippen molar-refractivity contribution in [2.24, 2.45) is 0 Å². The topological polar surface area (TPSA) is 63.7 Å². The molecular formula is C14H18N4.